The molecule has 0 aromatic carbocycles. The molecule has 5 heterocycles. The minimum Gasteiger partial charge on any atom is -0.439 e. The standard InChI is InChI=1S/C26H26N6O4S/c1-15(33)29-23-10-19(6-7-27-23)36-24-11-22-21(12-28-24)31-26(37-22)30-20-9-17(16-4-5-16)13-32(25(20)34)18-3-2-8-35-14-18/h6-7,9-13,16,18H,2-5,8,14H2,1H3,(H,30,31)(H,27,29,33)/t18-/m0/s1. The largest absolute Gasteiger partial charge is 0.439 e. The second kappa shape index (κ2) is 9.91. The van der Waals surface area contributed by atoms with Crippen LogP contribution >= 0.6 is 11.3 Å². The number of pyridine rings is 3. The molecule has 190 valence electrons. The summed E-state index contributed by atoms with van der Waals surface area (Å²) in [7, 11) is 0. The maximum atomic E-state index is 13.4. The summed E-state index contributed by atoms with van der Waals surface area (Å²) in [4.78, 5) is 37.8. The van der Waals surface area contributed by atoms with Gasteiger partial charge in [-0.3, -0.25) is 9.59 Å². The van der Waals surface area contributed by atoms with E-state index in [1.165, 1.54) is 23.8 Å². The van der Waals surface area contributed by atoms with Crippen molar-refractivity contribution in [3.8, 4) is 11.6 Å². The van der Waals surface area contributed by atoms with Gasteiger partial charge >= 0.3 is 0 Å². The number of nitrogens with zero attached hydrogens (tertiary/aromatic N) is 4. The molecule has 1 atom stereocenters. The van der Waals surface area contributed by atoms with E-state index >= 15 is 0 Å². The zero-order valence-corrected chi connectivity index (χ0v) is 21.1. The van der Waals surface area contributed by atoms with Crippen LogP contribution in [0, 0.1) is 0 Å². The number of carbonyl (C=O) groups is 1. The molecule has 6 rings (SSSR count). The van der Waals surface area contributed by atoms with E-state index in [0.717, 1.165) is 37.0 Å². The van der Waals surface area contributed by atoms with Crippen LogP contribution in [0.4, 0.5) is 16.6 Å². The van der Waals surface area contributed by atoms with Crippen molar-refractivity contribution in [3.05, 3.63) is 58.8 Å². The molecule has 4 aromatic heterocycles. The highest BCUT2D eigenvalue weighted by Crippen LogP contribution is 2.41. The number of carbonyl (C=O) groups excluding carboxylic acids is 1. The molecule has 1 saturated carbocycles. The van der Waals surface area contributed by atoms with Crippen LogP contribution in [0.3, 0.4) is 0 Å². The second-order valence-corrected chi connectivity index (χ2v) is 10.4. The average Bonchev–Trinajstić information content (AvgIpc) is 3.66. The first-order valence-corrected chi connectivity index (χ1v) is 13.1. The molecular weight excluding hydrogens is 492 g/mol. The van der Waals surface area contributed by atoms with Gasteiger partial charge in [0, 0.05) is 38.1 Å². The van der Waals surface area contributed by atoms with Crippen LogP contribution in [-0.4, -0.2) is 38.6 Å². The Kier molecular flexibility index (Phi) is 6.31. The fourth-order valence-corrected chi connectivity index (χ4v) is 5.33. The van der Waals surface area contributed by atoms with Crippen LogP contribution < -0.4 is 20.9 Å². The Balaban J connectivity index is 1.25. The van der Waals surface area contributed by atoms with Gasteiger partial charge in [0.25, 0.3) is 5.56 Å². The fourth-order valence-electron chi connectivity index (χ4n) is 4.45. The van der Waals surface area contributed by atoms with Crippen molar-refractivity contribution in [3.63, 3.8) is 0 Å². The van der Waals surface area contributed by atoms with E-state index in [0.29, 0.717) is 46.3 Å². The number of amides is 1. The zero-order chi connectivity index (χ0) is 25.4. The van der Waals surface area contributed by atoms with Crippen LogP contribution in [0.5, 0.6) is 11.6 Å². The maximum Gasteiger partial charge on any atom is 0.274 e. The van der Waals surface area contributed by atoms with E-state index < -0.39 is 0 Å². The van der Waals surface area contributed by atoms with Gasteiger partial charge in [0.15, 0.2) is 5.13 Å². The third-order valence-corrected chi connectivity index (χ3v) is 7.33. The Morgan fingerprint density at radius 3 is 2.89 bits per heavy atom. The molecule has 1 saturated heterocycles. The number of anilines is 3. The van der Waals surface area contributed by atoms with Gasteiger partial charge in [0.1, 0.15) is 22.8 Å². The van der Waals surface area contributed by atoms with Crippen molar-refractivity contribution in [2.24, 2.45) is 0 Å². The van der Waals surface area contributed by atoms with Gasteiger partial charge in [-0.25, -0.2) is 15.0 Å². The molecule has 1 aliphatic carbocycles. The minimum atomic E-state index is -0.213. The molecule has 2 aliphatic rings. The average molecular weight is 519 g/mol. The quantitative estimate of drug-likeness (QED) is 0.352. The number of fused-ring (bicyclic) bond motifs is 1. The zero-order valence-electron chi connectivity index (χ0n) is 20.3. The lowest BCUT2D eigenvalue weighted by molar-refractivity contribution is -0.114. The summed E-state index contributed by atoms with van der Waals surface area (Å²) in [6, 6.07) is 7.14. The third kappa shape index (κ3) is 5.32. The Hall–Kier alpha value is -3.83. The molecule has 2 fully saturated rings. The maximum absolute atomic E-state index is 13.4. The molecule has 37 heavy (non-hydrogen) atoms. The second-order valence-electron chi connectivity index (χ2n) is 9.34. The van der Waals surface area contributed by atoms with Gasteiger partial charge in [-0.05, 0) is 49.3 Å². The molecule has 0 radical (unpaired) electrons. The highest BCUT2D eigenvalue weighted by Gasteiger charge is 2.27. The van der Waals surface area contributed by atoms with Crippen molar-refractivity contribution in [2.45, 2.75) is 44.6 Å². The lowest BCUT2D eigenvalue weighted by Gasteiger charge is -2.25. The molecule has 10 nitrogen and oxygen atoms in total. The van der Waals surface area contributed by atoms with Crippen LogP contribution in [0.1, 0.15) is 50.1 Å². The van der Waals surface area contributed by atoms with Crippen molar-refractivity contribution < 1.29 is 14.3 Å². The Bertz CT molecular complexity index is 1520. The molecule has 4 aromatic rings. The highest BCUT2D eigenvalue weighted by molar-refractivity contribution is 7.22. The summed E-state index contributed by atoms with van der Waals surface area (Å²) in [6.07, 6.45) is 9.41. The lowest BCUT2D eigenvalue weighted by atomic mass is 10.1. The van der Waals surface area contributed by atoms with Crippen LogP contribution in [-0.2, 0) is 9.53 Å². The number of hydrogen-bond acceptors (Lipinski definition) is 9. The Morgan fingerprint density at radius 1 is 1.22 bits per heavy atom. The first-order chi connectivity index (χ1) is 18.0. The summed E-state index contributed by atoms with van der Waals surface area (Å²) >= 11 is 1.42. The van der Waals surface area contributed by atoms with Crippen LogP contribution in [0.15, 0.2) is 47.7 Å². The summed E-state index contributed by atoms with van der Waals surface area (Å²) in [5.74, 6) is 1.58. The van der Waals surface area contributed by atoms with E-state index in [1.807, 2.05) is 16.8 Å². The predicted molar refractivity (Wildman–Crippen MR) is 141 cm³/mol. The van der Waals surface area contributed by atoms with Crippen molar-refractivity contribution in [1.82, 2.24) is 19.5 Å². The van der Waals surface area contributed by atoms with E-state index in [4.69, 9.17) is 9.47 Å². The number of thiazole rings is 1. The van der Waals surface area contributed by atoms with Gasteiger partial charge in [-0.15, -0.1) is 0 Å². The summed E-state index contributed by atoms with van der Waals surface area (Å²) in [6.45, 7) is 2.73. The topological polar surface area (TPSA) is 120 Å². The van der Waals surface area contributed by atoms with Crippen LogP contribution in [0.2, 0.25) is 0 Å². The fraction of sp³-hybridized carbons (Fsp3) is 0.346. The monoisotopic (exact) mass is 518 g/mol. The third-order valence-electron chi connectivity index (χ3n) is 6.39. The predicted octanol–water partition coefficient (Wildman–Crippen LogP) is 4.97. The Morgan fingerprint density at radius 2 is 2.11 bits per heavy atom. The van der Waals surface area contributed by atoms with E-state index in [-0.39, 0.29) is 17.5 Å². The minimum absolute atomic E-state index is 0.0547. The summed E-state index contributed by atoms with van der Waals surface area (Å²) in [5, 5.41) is 6.52. The van der Waals surface area contributed by atoms with E-state index in [2.05, 4.69) is 25.6 Å². The molecule has 0 spiro atoms. The van der Waals surface area contributed by atoms with Gasteiger partial charge in [-0.1, -0.05) is 11.3 Å². The van der Waals surface area contributed by atoms with Gasteiger partial charge < -0.3 is 24.7 Å². The van der Waals surface area contributed by atoms with E-state index in [9.17, 15) is 9.59 Å². The molecule has 0 bridgehead atoms. The molecule has 1 aliphatic heterocycles. The van der Waals surface area contributed by atoms with Gasteiger partial charge in [0.2, 0.25) is 11.8 Å². The number of aromatic nitrogens is 4. The Labute approximate surface area is 216 Å². The summed E-state index contributed by atoms with van der Waals surface area (Å²) in [5.41, 5.74) is 2.35. The van der Waals surface area contributed by atoms with Gasteiger partial charge in [-0.2, -0.15) is 0 Å². The SMILES string of the molecule is CC(=O)Nc1cc(Oc2cc3sc(Nc4cc(C5CC5)cn([C@H]5CCCOC5)c4=O)nc3cn2)ccn1. The molecule has 2 N–H and O–H groups in total. The number of hydrogen-bond donors (Lipinski definition) is 2. The van der Waals surface area contributed by atoms with Gasteiger partial charge in [0.05, 0.1) is 23.5 Å². The highest BCUT2D eigenvalue weighted by atomic mass is 32.1. The number of ether oxygens (including phenoxy) is 2. The molecular formula is C26H26N6O4S. The smallest absolute Gasteiger partial charge is 0.274 e. The van der Waals surface area contributed by atoms with E-state index in [1.54, 1.807) is 30.6 Å². The molecule has 1 amide bonds. The molecule has 0 unspecified atom stereocenters. The van der Waals surface area contributed by atoms with Crippen molar-refractivity contribution >= 4 is 44.1 Å². The van der Waals surface area contributed by atoms with Crippen molar-refractivity contribution in [1.29, 1.82) is 0 Å². The number of nitrogens with one attached hydrogen (secondary N) is 2. The van der Waals surface area contributed by atoms with Crippen molar-refractivity contribution in [2.75, 3.05) is 23.8 Å². The first-order valence-electron chi connectivity index (χ1n) is 12.3. The van der Waals surface area contributed by atoms with Crippen LogP contribution in [0.25, 0.3) is 10.2 Å². The summed E-state index contributed by atoms with van der Waals surface area (Å²) < 4.78 is 14.2. The lowest BCUT2D eigenvalue weighted by Crippen LogP contribution is -2.31. The first kappa shape index (κ1) is 23.6. The number of rotatable bonds is 7. The molecule has 11 heteroatoms. The normalized spacial score (nSPS) is 17.5.